The molecule has 0 spiro atoms. The zero-order valence-electron chi connectivity index (χ0n) is 14.3. The summed E-state index contributed by atoms with van der Waals surface area (Å²) in [4.78, 5) is 26.3. The number of nitrogens with zero attached hydrogens (tertiary/aromatic N) is 1. The molecule has 0 N–H and O–H groups in total. The number of amides is 1. The standard InChI is InChI=1S/C18H25NO4/c1-18(2,3)23-17(21)19-11-5-6-16(20)15(19)12-13-7-9-14(22-4)10-8-13/h7-10,15H,5-6,11-12H2,1-4H3. The lowest BCUT2D eigenvalue weighted by Gasteiger charge is -2.35. The van der Waals surface area contributed by atoms with Crippen molar-refractivity contribution in [2.45, 2.75) is 51.7 Å². The highest BCUT2D eigenvalue weighted by atomic mass is 16.6. The first-order chi connectivity index (χ1) is 10.8. The maximum absolute atomic E-state index is 12.4. The molecule has 23 heavy (non-hydrogen) atoms. The number of methoxy groups -OCH3 is 1. The second-order valence-electron chi connectivity index (χ2n) is 6.81. The van der Waals surface area contributed by atoms with E-state index in [1.54, 1.807) is 12.0 Å². The Morgan fingerprint density at radius 1 is 1.26 bits per heavy atom. The first-order valence-corrected chi connectivity index (χ1v) is 7.95. The molecule has 1 aromatic rings. The Morgan fingerprint density at radius 3 is 2.48 bits per heavy atom. The average Bonchev–Trinajstić information content (AvgIpc) is 2.48. The van der Waals surface area contributed by atoms with Gasteiger partial charge in [0, 0.05) is 19.4 Å². The van der Waals surface area contributed by atoms with Crippen LogP contribution in [-0.2, 0) is 16.0 Å². The third-order valence-corrected chi connectivity index (χ3v) is 3.79. The molecule has 1 atom stereocenters. The third kappa shape index (κ3) is 4.71. The number of ketones is 1. The molecule has 126 valence electrons. The molecule has 1 fully saturated rings. The van der Waals surface area contributed by atoms with Crippen LogP contribution in [0.25, 0.3) is 0 Å². The Kier molecular flexibility index (Phi) is 5.29. The minimum absolute atomic E-state index is 0.0953. The molecular formula is C18H25NO4. The molecule has 0 saturated carbocycles. The summed E-state index contributed by atoms with van der Waals surface area (Å²) in [5.41, 5.74) is 0.432. The van der Waals surface area contributed by atoms with Crippen molar-refractivity contribution < 1.29 is 19.1 Å². The van der Waals surface area contributed by atoms with Crippen LogP contribution < -0.4 is 4.74 Å². The molecular weight excluding hydrogens is 294 g/mol. The quantitative estimate of drug-likeness (QED) is 0.858. The fraction of sp³-hybridized carbons (Fsp3) is 0.556. The van der Waals surface area contributed by atoms with E-state index in [1.165, 1.54) is 0 Å². The third-order valence-electron chi connectivity index (χ3n) is 3.79. The zero-order valence-corrected chi connectivity index (χ0v) is 14.3. The molecule has 0 bridgehead atoms. The van der Waals surface area contributed by atoms with Gasteiger partial charge in [0.2, 0.25) is 0 Å². The number of ether oxygens (including phenoxy) is 2. The number of likely N-dealkylation sites (tertiary alicyclic amines) is 1. The lowest BCUT2D eigenvalue weighted by atomic mass is 9.94. The molecule has 0 aliphatic carbocycles. The van der Waals surface area contributed by atoms with E-state index in [4.69, 9.17) is 9.47 Å². The summed E-state index contributed by atoms with van der Waals surface area (Å²) in [6, 6.07) is 7.12. The Labute approximate surface area is 137 Å². The number of Topliss-reactive ketones (excluding diaryl/α,β-unsaturated/α-hetero) is 1. The SMILES string of the molecule is COc1ccc(CC2C(=O)CCCN2C(=O)OC(C)(C)C)cc1. The van der Waals surface area contributed by atoms with E-state index in [1.807, 2.05) is 45.0 Å². The number of rotatable bonds is 3. The maximum atomic E-state index is 12.4. The molecule has 0 radical (unpaired) electrons. The summed E-state index contributed by atoms with van der Waals surface area (Å²) in [7, 11) is 1.61. The molecule has 1 aliphatic heterocycles. The second kappa shape index (κ2) is 7.02. The van der Waals surface area contributed by atoms with Gasteiger partial charge >= 0.3 is 6.09 Å². The predicted molar refractivity (Wildman–Crippen MR) is 87.7 cm³/mol. The van der Waals surface area contributed by atoms with E-state index in [9.17, 15) is 9.59 Å². The van der Waals surface area contributed by atoms with Crippen LogP contribution in [0.4, 0.5) is 4.79 Å². The topological polar surface area (TPSA) is 55.8 Å². The number of benzene rings is 1. The minimum atomic E-state index is -0.567. The second-order valence-corrected chi connectivity index (χ2v) is 6.81. The van der Waals surface area contributed by atoms with Crippen LogP contribution in [0.1, 0.15) is 39.2 Å². The first kappa shape index (κ1) is 17.3. The molecule has 1 amide bonds. The molecule has 2 rings (SSSR count). The largest absolute Gasteiger partial charge is 0.497 e. The molecule has 1 aromatic carbocycles. The summed E-state index contributed by atoms with van der Waals surface area (Å²) in [5.74, 6) is 0.866. The normalized spacial score (nSPS) is 18.7. The monoisotopic (exact) mass is 319 g/mol. The Bertz CT molecular complexity index is 559. The van der Waals surface area contributed by atoms with Gasteiger partial charge in [-0.1, -0.05) is 12.1 Å². The number of piperidine rings is 1. The van der Waals surface area contributed by atoms with Crippen molar-refractivity contribution in [1.29, 1.82) is 0 Å². The molecule has 0 aromatic heterocycles. The van der Waals surface area contributed by atoms with Crippen molar-refractivity contribution in [3.8, 4) is 5.75 Å². The predicted octanol–water partition coefficient (Wildman–Crippen LogP) is 3.21. The highest BCUT2D eigenvalue weighted by molar-refractivity contribution is 5.88. The van der Waals surface area contributed by atoms with Gasteiger partial charge in [-0.3, -0.25) is 9.69 Å². The van der Waals surface area contributed by atoms with E-state index in [0.29, 0.717) is 25.8 Å². The number of carbonyl (C=O) groups excluding carboxylic acids is 2. The van der Waals surface area contributed by atoms with Crippen LogP contribution in [0.2, 0.25) is 0 Å². The van der Waals surface area contributed by atoms with Gasteiger partial charge in [-0.2, -0.15) is 0 Å². The Hall–Kier alpha value is -2.04. The molecule has 1 aliphatic rings. The van der Waals surface area contributed by atoms with E-state index in [2.05, 4.69) is 0 Å². The van der Waals surface area contributed by atoms with Gasteiger partial charge in [0.1, 0.15) is 11.4 Å². The summed E-state index contributed by atoms with van der Waals surface area (Å²) >= 11 is 0. The molecule has 5 heteroatoms. The van der Waals surface area contributed by atoms with Crippen molar-refractivity contribution in [2.24, 2.45) is 0 Å². The summed E-state index contributed by atoms with van der Waals surface area (Å²) < 4.78 is 10.6. The smallest absolute Gasteiger partial charge is 0.410 e. The van der Waals surface area contributed by atoms with Crippen LogP contribution in [0, 0.1) is 0 Å². The van der Waals surface area contributed by atoms with Gasteiger partial charge in [0.25, 0.3) is 0 Å². The zero-order chi connectivity index (χ0) is 17.0. The van der Waals surface area contributed by atoms with Crippen molar-refractivity contribution in [1.82, 2.24) is 4.90 Å². The number of carbonyl (C=O) groups is 2. The fourth-order valence-electron chi connectivity index (χ4n) is 2.67. The van der Waals surface area contributed by atoms with Crippen molar-refractivity contribution in [3.05, 3.63) is 29.8 Å². The van der Waals surface area contributed by atoms with E-state index < -0.39 is 17.7 Å². The molecule has 5 nitrogen and oxygen atoms in total. The van der Waals surface area contributed by atoms with Gasteiger partial charge in [0.05, 0.1) is 13.2 Å². The van der Waals surface area contributed by atoms with Crippen LogP contribution >= 0.6 is 0 Å². The summed E-state index contributed by atoms with van der Waals surface area (Å²) in [6.07, 6.45) is 1.29. The van der Waals surface area contributed by atoms with E-state index in [0.717, 1.165) is 11.3 Å². The Balaban J connectivity index is 2.13. The van der Waals surface area contributed by atoms with Crippen LogP contribution in [-0.4, -0.2) is 42.1 Å². The van der Waals surface area contributed by atoms with Gasteiger partial charge in [-0.05, 0) is 44.9 Å². The van der Waals surface area contributed by atoms with E-state index in [-0.39, 0.29) is 5.78 Å². The van der Waals surface area contributed by atoms with Crippen LogP contribution in [0.3, 0.4) is 0 Å². The highest BCUT2D eigenvalue weighted by Gasteiger charge is 2.35. The fourth-order valence-corrected chi connectivity index (χ4v) is 2.67. The lowest BCUT2D eigenvalue weighted by molar-refractivity contribution is -0.126. The van der Waals surface area contributed by atoms with Gasteiger partial charge in [0.15, 0.2) is 5.78 Å². The van der Waals surface area contributed by atoms with Gasteiger partial charge in [-0.15, -0.1) is 0 Å². The van der Waals surface area contributed by atoms with Gasteiger partial charge in [-0.25, -0.2) is 4.79 Å². The first-order valence-electron chi connectivity index (χ1n) is 7.95. The number of hydrogen-bond acceptors (Lipinski definition) is 4. The maximum Gasteiger partial charge on any atom is 0.410 e. The van der Waals surface area contributed by atoms with Crippen molar-refractivity contribution >= 4 is 11.9 Å². The van der Waals surface area contributed by atoms with Crippen molar-refractivity contribution in [2.75, 3.05) is 13.7 Å². The van der Waals surface area contributed by atoms with Gasteiger partial charge < -0.3 is 9.47 Å². The highest BCUT2D eigenvalue weighted by Crippen LogP contribution is 2.22. The summed E-state index contributed by atoms with van der Waals surface area (Å²) in [5, 5.41) is 0. The average molecular weight is 319 g/mol. The van der Waals surface area contributed by atoms with E-state index >= 15 is 0 Å². The van der Waals surface area contributed by atoms with Crippen LogP contribution in [0.5, 0.6) is 5.75 Å². The molecule has 1 unspecified atom stereocenters. The van der Waals surface area contributed by atoms with Crippen LogP contribution in [0.15, 0.2) is 24.3 Å². The molecule has 1 heterocycles. The summed E-state index contributed by atoms with van der Waals surface area (Å²) in [6.45, 7) is 6.04. The lowest BCUT2D eigenvalue weighted by Crippen LogP contribution is -2.51. The number of hydrogen-bond donors (Lipinski definition) is 0. The Morgan fingerprint density at radius 2 is 1.91 bits per heavy atom. The molecule has 1 saturated heterocycles. The van der Waals surface area contributed by atoms with Crippen molar-refractivity contribution in [3.63, 3.8) is 0 Å². The minimum Gasteiger partial charge on any atom is -0.497 e.